The van der Waals surface area contributed by atoms with E-state index < -0.39 is 14.3 Å². The molecule has 0 unspecified atom stereocenters. The molecule has 0 aliphatic carbocycles. The molecule has 4 nitrogen and oxygen atoms in total. The van der Waals surface area contributed by atoms with Gasteiger partial charge in [-0.2, -0.15) is 0 Å². The summed E-state index contributed by atoms with van der Waals surface area (Å²) in [7, 11) is -7.13. The minimum atomic E-state index is -3.57. The quantitative estimate of drug-likeness (QED) is 0.131. The van der Waals surface area contributed by atoms with Gasteiger partial charge in [0.15, 0.2) is 14.3 Å². The Kier molecular flexibility index (Phi) is 8.00. The van der Waals surface area contributed by atoms with Crippen molar-refractivity contribution >= 4 is 79.0 Å². The Morgan fingerprint density at radius 3 is 0.900 bits per heavy atom. The number of nitrogen functional groups attached to an aromatic ring is 2. The van der Waals surface area contributed by atoms with E-state index in [1.807, 2.05) is 182 Å². The number of hydrogen-bond donors (Lipinski definition) is 2. The molecule has 0 atom stereocenters. The molecule has 0 spiro atoms. The monoisotopic (exact) mass is 684 g/mol. The van der Waals surface area contributed by atoms with E-state index in [-0.39, 0.29) is 0 Å². The smallest absolute Gasteiger partial charge is 0.171 e. The molecule has 0 aromatic heterocycles. The average molecular weight is 685 g/mol. The van der Waals surface area contributed by atoms with Crippen LogP contribution in [-0.2, 0) is 9.13 Å². The molecule has 0 saturated carbocycles. The zero-order valence-electron chi connectivity index (χ0n) is 27.2. The Balaban J connectivity index is 1.62. The second-order valence-corrected chi connectivity index (χ2v) is 17.8. The number of nitrogens with two attached hydrogens (primary N) is 2. The fourth-order valence-electron chi connectivity index (χ4n) is 7.20. The first-order chi connectivity index (χ1) is 24.4. The molecule has 0 aliphatic heterocycles. The van der Waals surface area contributed by atoms with E-state index in [1.165, 1.54) is 0 Å². The van der Waals surface area contributed by atoms with E-state index in [2.05, 4.69) is 0 Å². The molecule has 8 rings (SSSR count). The molecule has 0 saturated heterocycles. The van der Waals surface area contributed by atoms with Crippen LogP contribution in [0.3, 0.4) is 0 Å². The molecule has 0 fully saturated rings. The summed E-state index contributed by atoms with van der Waals surface area (Å²) in [5.41, 5.74) is 16.0. The summed E-state index contributed by atoms with van der Waals surface area (Å²) in [6.45, 7) is 0. The fourth-order valence-corrected chi connectivity index (χ4v) is 12.9. The van der Waals surface area contributed by atoms with Gasteiger partial charge in [0.05, 0.1) is 0 Å². The van der Waals surface area contributed by atoms with Crippen molar-refractivity contribution in [3.8, 4) is 11.1 Å². The van der Waals surface area contributed by atoms with Gasteiger partial charge in [0, 0.05) is 65.1 Å². The first kappa shape index (κ1) is 31.6. The summed E-state index contributed by atoms with van der Waals surface area (Å²) in [5.74, 6) is 0. The Morgan fingerprint density at radius 1 is 0.300 bits per heavy atom. The van der Waals surface area contributed by atoms with Crippen molar-refractivity contribution in [2.24, 2.45) is 0 Å². The highest BCUT2D eigenvalue weighted by atomic mass is 31.2. The van der Waals surface area contributed by atoms with Crippen molar-refractivity contribution < 1.29 is 9.13 Å². The maximum Gasteiger partial charge on any atom is 0.171 e. The van der Waals surface area contributed by atoms with Gasteiger partial charge in [0.2, 0.25) is 0 Å². The summed E-state index contributed by atoms with van der Waals surface area (Å²) in [4.78, 5) is 0. The maximum atomic E-state index is 16.3. The molecule has 50 heavy (non-hydrogen) atoms. The summed E-state index contributed by atoms with van der Waals surface area (Å²) in [5, 5.41) is 7.35. The lowest BCUT2D eigenvalue weighted by Crippen LogP contribution is -2.30. The Morgan fingerprint density at radius 2 is 0.600 bits per heavy atom. The summed E-state index contributed by atoms with van der Waals surface area (Å²) in [6, 6.07) is 58.1. The van der Waals surface area contributed by atoms with E-state index in [9.17, 15) is 0 Å². The third-order valence-electron chi connectivity index (χ3n) is 9.55. The van der Waals surface area contributed by atoms with Gasteiger partial charge in [-0.1, -0.05) is 158 Å². The van der Waals surface area contributed by atoms with E-state index >= 15 is 9.13 Å². The number of fused-ring (bicyclic) bond motifs is 2. The van der Waals surface area contributed by atoms with E-state index in [0.29, 0.717) is 43.2 Å². The summed E-state index contributed by atoms with van der Waals surface area (Å²) in [6.07, 6.45) is 0. The van der Waals surface area contributed by atoms with Crippen LogP contribution < -0.4 is 43.3 Å². The highest BCUT2D eigenvalue weighted by Crippen LogP contribution is 2.52. The van der Waals surface area contributed by atoms with Crippen LogP contribution in [0, 0.1) is 0 Å². The SMILES string of the molecule is Nc1cccc2c(-c3c(P(=O)(c4ccccc4)c4ccccc4)ccc4c(N)cccc34)c(P(=O)(c3ccccc3)c3ccccc3)ccc12. The van der Waals surface area contributed by atoms with Crippen molar-refractivity contribution in [2.75, 3.05) is 11.5 Å². The van der Waals surface area contributed by atoms with Crippen LogP contribution in [0.1, 0.15) is 0 Å². The average Bonchev–Trinajstić information content (AvgIpc) is 3.18. The van der Waals surface area contributed by atoms with Crippen LogP contribution in [0.5, 0.6) is 0 Å². The molecule has 0 heterocycles. The van der Waals surface area contributed by atoms with Gasteiger partial charge >= 0.3 is 0 Å². The van der Waals surface area contributed by atoms with E-state index in [4.69, 9.17) is 11.5 Å². The topological polar surface area (TPSA) is 86.2 Å². The first-order valence-corrected chi connectivity index (χ1v) is 19.9. The molecular weight excluding hydrogens is 650 g/mol. The van der Waals surface area contributed by atoms with Gasteiger partial charge in [0.1, 0.15) is 0 Å². The van der Waals surface area contributed by atoms with E-state index in [0.717, 1.165) is 32.7 Å². The third kappa shape index (κ3) is 5.00. The Hall–Kier alpha value is -5.66. The standard InChI is InChI=1S/C44H34N2O2P2/c45-39-25-13-23-37-35(39)27-29-41(49(47,31-15-5-1-6-16-31)32-17-7-2-8-18-32)43(37)44-38-24-14-26-40(46)36(38)28-30-42(44)50(48,33-19-9-3-10-20-33)34-21-11-4-12-22-34/h1-30H,45-46H2. The highest BCUT2D eigenvalue weighted by molar-refractivity contribution is 7.86. The summed E-state index contributed by atoms with van der Waals surface area (Å²) < 4.78 is 32.6. The lowest BCUT2D eigenvalue weighted by atomic mass is 9.93. The van der Waals surface area contributed by atoms with Crippen molar-refractivity contribution in [1.82, 2.24) is 0 Å². The minimum absolute atomic E-state index is 0.597. The van der Waals surface area contributed by atoms with E-state index in [1.54, 1.807) is 0 Å². The van der Waals surface area contributed by atoms with Gasteiger partial charge in [-0.25, -0.2) is 0 Å². The van der Waals surface area contributed by atoms with Crippen LogP contribution in [-0.4, -0.2) is 0 Å². The van der Waals surface area contributed by atoms with Crippen LogP contribution in [0.4, 0.5) is 11.4 Å². The molecule has 0 amide bonds. The van der Waals surface area contributed by atoms with Crippen molar-refractivity contribution in [1.29, 1.82) is 0 Å². The van der Waals surface area contributed by atoms with Gasteiger partial charge in [-0.05, 0) is 35.0 Å². The van der Waals surface area contributed by atoms with Crippen LogP contribution in [0.15, 0.2) is 182 Å². The number of hydrogen-bond acceptors (Lipinski definition) is 4. The van der Waals surface area contributed by atoms with Crippen molar-refractivity contribution in [2.45, 2.75) is 0 Å². The second kappa shape index (κ2) is 12.7. The van der Waals surface area contributed by atoms with Crippen LogP contribution in [0.2, 0.25) is 0 Å². The predicted molar refractivity (Wildman–Crippen MR) is 214 cm³/mol. The van der Waals surface area contributed by atoms with Crippen molar-refractivity contribution in [3.63, 3.8) is 0 Å². The molecule has 0 bridgehead atoms. The zero-order valence-corrected chi connectivity index (χ0v) is 29.0. The van der Waals surface area contributed by atoms with Gasteiger partial charge in [-0.3, -0.25) is 0 Å². The molecule has 6 heteroatoms. The molecule has 0 radical (unpaired) electrons. The zero-order chi connectivity index (χ0) is 34.3. The maximum absolute atomic E-state index is 16.3. The molecule has 0 aliphatic rings. The molecule has 8 aromatic rings. The third-order valence-corrected chi connectivity index (χ3v) is 15.8. The fraction of sp³-hybridized carbons (Fsp3) is 0. The van der Waals surface area contributed by atoms with Crippen molar-refractivity contribution in [3.05, 3.63) is 182 Å². The Bertz CT molecular complexity index is 2340. The van der Waals surface area contributed by atoms with Crippen LogP contribution in [0.25, 0.3) is 32.7 Å². The van der Waals surface area contributed by atoms with Gasteiger partial charge in [0.25, 0.3) is 0 Å². The first-order valence-electron chi connectivity index (χ1n) is 16.5. The number of rotatable bonds is 7. The van der Waals surface area contributed by atoms with Gasteiger partial charge < -0.3 is 20.6 Å². The lowest BCUT2D eigenvalue weighted by Gasteiger charge is -2.28. The lowest BCUT2D eigenvalue weighted by molar-refractivity contribution is 0.591. The normalized spacial score (nSPS) is 11.9. The van der Waals surface area contributed by atoms with Gasteiger partial charge in [-0.15, -0.1) is 0 Å². The second-order valence-electron chi connectivity index (χ2n) is 12.4. The Labute approximate surface area is 291 Å². The van der Waals surface area contributed by atoms with Crippen LogP contribution >= 0.6 is 14.3 Å². The highest BCUT2D eigenvalue weighted by Gasteiger charge is 2.38. The molecule has 8 aromatic carbocycles. The predicted octanol–water partition coefficient (Wildman–Crippen LogP) is 8.10. The largest absolute Gasteiger partial charge is 0.398 e. The molecule has 242 valence electrons. The summed E-state index contributed by atoms with van der Waals surface area (Å²) >= 11 is 0. The minimum Gasteiger partial charge on any atom is -0.398 e. The number of anilines is 2. The molecule has 4 N–H and O–H groups in total. The number of benzene rings is 8. The molecular formula is C44H34N2O2P2.